The molecular weight excluding hydrogens is 727 g/mol. The first-order valence-electron chi connectivity index (χ1n) is 19.3. The number of hydrogen-bond acceptors (Lipinski definition) is 3. The molecule has 0 atom stereocenters. The van der Waals surface area contributed by atoms with Gasteiger partial charge in [0.05, 0.1) is 10.4 Å². The molecule has 0 aliphatic carbocycles. The number of anilines is 3. The molecule has 0 N–H and O–H groups in total. The van der Waals surface area contributed by atoms with Gasteiger partial charge in [-0.25, -0.2) is 0 Å². The van der Waals surface area contributed by atoms with Crippen molar-refractivity contribution in [3.8, 4) is 44.5 Å². The third-order valence-electron chi connectivity index (χ3n) is 11.1. The lowest BCUT2D eigenvalue weighted by Crippen LogP contribution is -2.10. The summed E-state index contributed by atoms with van der Waals surface area (Å²) < 4.78 is 5.24. The lowest BCUT2D eigenvalue weighted by Gasteiger charge is -2.26. The maximum atomic E-state index is 2.43. The molecule has 0 aliphatic heterocycles. The van der Waals surface area contributed by atoms with Crippen LogP contribution in [0.15, 0.2) is 212 Å². The predicted molar refractivity (Wildman–Crippen MR) is 249 cm³/mol. The zero-order valence-electron chi connectivity index (χ0n) is 31.0. The first kappa shape index (κ1) is 33.5. The van der Waals surface area contributed by atoms with Crippen LogP contribution in [0.5, 0.6) is 0 Å². The summed E-state index contributed by atoms with van der Waals surface area (Å²) in [5, 5.41) is 5.23. The van der Waals surface area contributed by atoms with Gasteiger partial charge in [-0.2, -0.15) is 0 Å². The van der Waals surface area contributed by atoms with Crippen LogP contribution in [0, 0.1) is 0 Å². The van der Waals surface area contributed by atoms with Crippen LogP contribution in [0.25, 0.3) is 84.9 Å². The molecule has 1 nitrogen and oxygen atoms in total. The highest BCUT2D eigenvalue weighted by molar-refractivity contribution is 7.26. The number of thiophene rings is 2. The molecule has 0 saturated carbocycles. The Balaban J connectivity index is 1.03. The molecule has 0 saturated heterocycles. The molecule has 0 amide bonds. The summed E-state index contributed by atoms with van der Waals surface area (Å²) in [5.41, 5.74) is 13.2. The number of rotatable bonds is 7. The van der Waals surface area contributed by atoms with Crippen molar-refractivity contribution in [2.24, 2.45) is 0 Å². The van der Waals surface area contributed by atoms with Crippen molar-refractivity contribution in [2.75, 3.05) is 4.90 Å². The van der Waals surface area contributed by atoms with Gasteiger partial charge in [0, 0.05) is 47.0 Å². The van der Waals surface area contributed by atoms with Crippen molar-refractivity contribution in [1.82, 2.24) is 0 Å². The van der Waals surface area contributed by atoms with Crippen LogP contribution >= 0.6 is 22.7 Å². The summed E-state index contributed by atoms with van der Waals surface area (Å²) >= 11 is 3.75. The van der Waals surface area contributed by atoms with E-state index in [0.29, 0.717) is 0 Å². The van der Waals surface area contributed by atoms with Gasteiger partial charge in [0.25, 0.3) is 0 Å². The van der Waals surface area contributed by atoms with Crippen LogP contribution in [0.2, 0.25) is 0 Å². The predicted octanol–water partition coefficient (Wildman–Crippen LogP) is 16.6. The minimum absolute atomic E-state index is 1.12. The smallest absolute Gasteiger partial charge is 0.0640 e. The van der Waals surface area contributed by atoms with E-state index < -0.39 is 0 Å². The maximum absolute atomic E-state index is 2.43. The molecule has 0 fully saturated rings. The highest BCUT2D eigenvalue weighted by atomic mass is 32.1. The summed E-state index contributed by atoms with van der Waals surface area (Å²) in [4.78, 5) is 2.43. The van der Waals surface area contributed by atoms with E-state index in [1.807, 2.05) is 22.7 Å². The third-order valence-corrected chi connectivity index (χ3v) is 13.5. The zero-order valence-corrected chi connectivity index (χ0v) is 32.6. The molecule has 268 valence electrons. The van der Waals surface area contributed by atoms with Crippen molar-refractivity contribution >= 4 is 80.1 Å². The molecule has 0 bridgehead atoms. The highest BCUT2D eigenvalue weighted by Gasteiger charge is 2.19. The van der Waals surface area contributed by atoms with Gasteiger partial charge in [0.2, 0.25) is 0 Å². The Labute approximate surface area is 340 Å². The average molecular weight is 762 g/mol. The summed E-state index contributed by atoms with van der Waals surface area (Å²) in [6.07, 6.45) is 0. The van der Waals surface area contributed by atoms with Crippen molar-refractivity contribution in [3.63, 3.8) is 0 Å². The fourth-order valence-corrected chi connectivity index (χ4v) is 10.8. The number of nitrogens with zero attached hydrogens (tertiary/aromatic N) is 1. The normalized spacial score (nSPS) is 11.5. The Bertz CT molecular complexity index is 3210. The van der Waals surface area contributed by atoms with E-state index in [2.05, 4.69) is 217 Å². The van der Waals surface area contributed by atoms with E-state index in [0.717, 1.165) is 11.4 Å². The fourth-order valence-electron chi connectivity index (χ4n) is 8.35. The summed E-state index contributed by atoms with van der Waals surface area (Å²) in [7, 11) is 0. The number of hydrogen-bond donors (Lipinski definition) is 0. The van der Waals surface area contributed by atoms with E-state index in [4.69, 9.17) is 0 Å². The first-order valence-corrected chi connectivity index (χ1v) is 21.0. The lowest BCUT2D eigenvalue weighted by atomic mass is 9.91. The van der Waals surface area contributed by atoms with Crippen molar-refractivity contribution < 1.29 is 0 Å². The van der Waals surface area contributed by atoms with Gasteiger partial charge >= 0.3 is 0 Å². The molecule has 0 spiro atoms. The van der Waals surface area contributed by atoms with Crippen LogP contribution in [0.4, 0.5) is 17.1 Å². The van der Waals surface area contributed by atoms with Crippen LogP contribution < -0.4 is 4.90 Å². The van der Waals surface area contributed by atoms with Gasteiger partial charge in [-0.1, -0.05) is 164 Å². The van der Waals surface area contributed by atoms with Crippen LogP contribution in [-0.2, 0) is 0 Å². The minimum Gasteiger partial charge on any atom is -0.309 e. The standard InChI is InChI=1S/C54H35NS2/c1-3-13-37(14-4-1)43-34-29-40(35-49(43)38-15-5-2-6-16-38)36-25-30-41(31-26-36)55(50-22-12-21-48-46-18-8-10-24-52(46)57-54(48)50)42-32-27-39(28-33-42)44-19-11-20-47-45-17-7-9-23-51(45)56-53(44)47/h1-35H. The van der Waals surface area contributed by atoms with Crippen LogP contribution in [0.1, 0.15) is 0 Å². The van der Waals surface area contributed by atoms with Gasteiger partial charge in [0.15, 0.2) is 0 Å². The SMILES string of the molecule is c1ccc(-c2ccc(-c3ccc(N(c4ccc(-c5cccc6c5sc5ccccc56)cc4)c4cccc5c4sc4ccccc45)cc3)cc2-c2ccccc2)cc1. The molecule has 2 heterocycles. The topological polar surface area (TPSA) is 3.24 Å². The van der Waals surface area contributed by atoms with Gasteiger partial charge < -0.3 is 4.90 Å². The molecule has 0 radical (unpaired) electrons. The minimum atomic E-state index is 1.12. The third kappa shape index (κ3) is 5.91. The second-order valence-corrected chi connectivity index (χ2v) is 16.6. The molecule has 0 aliphatic rings. The second-order valence-electron chi connectivity index (χ2n) is 14.5. The number of benzene rings is 9. The Morgan fingerprint density at radius 3 is 1.40 bits per heavy atom. The molecule has 2 aromatic heterocycles. The maximum Gasteiger partial charge on any atom is 0.0640 e. The van der Waals surface area contributed by atoms with E-state index in [9.17, 15) is 0 Å². The van der Waals surface area contributed by atoms with Crippen molar-refractivity contribution in [3.05, 3.63) is 212 Å². The summed E-state index contributed by atoms with van der Waals surface area (Å²) in [6.45, 7) is 0. The first-order chi connectivity index (χ1) is 28.3. The van der Waals surface area contributed by atoms with Crippen LogP contribution in [-0.4, -0.2) is 0 Å². The molecule has 3 heteroatoms. The molecule has 9 aromatic carbocycles. The molecular formula is C54H35NS2. The van der Waals surface area contributed by atoms with E-state index in [1.54, 1.807) is 0 Å². The average Bonchev–Trinajstić information content (AvgIpc) is 3.87. The fraction of sp³-hybridized carbons (Fsp3) is 0. The van der Waals surface area contributed by atoms with Crippen molar-refractivity contribution in [2.45, 2.75) is 0 Å². The lowest BCUT2D eigenvalue weighted by molar-refractivity contribution is 1.30. The Morgan fingerprint density at radius 1 is 0.281 bits per heavy atom. The molecule has 11 rings (SSSR count). The van der Waals surface area contributed by atoms with Crippen LogP contribution in [0.3, 0.4) is 0 Å². The molecule has 11 aromatic rings. The zero-order chi connectivity index (χ0) is 37.7. The van der Waals surface area contributed by atoms with Gasteiger partial charge in [-0.15, -0.1) is 22.7 Å². The Morgan fingerprint density at radius 2 is 0.754 bits per heavy atom. The summed E-state index contributed by atoms with van der Waals surface area (Å²) in [6, 6.07) is 77.5. The van der Waals surface area contributed by atoms with E-state index in [-0.39, 0.29) is 0 Å². The van der Waals surface area contributed by atoms with Gasteiger partial charge in [-0.3, -0.25) is 0 Å². The highest BCUT2D eigenvalue weighted by Crippen LogP contribution is 2.46. The van der Waals surface area contributed by atoms with E-state index >= 15 is 0 Å². The molecule has 57 heavy (non-hydrogen) atoms. The number of fused-ring (bicyclic) bond motifs is 6. The molecule has 0 unspecified atom stereocenters. The summed E-state index contributed by atoms with van der Waals surface area (Å²) in [5.74, 6) is 0. The van der Waals surface area contributed by atoms with E-state index in [1.165, 1.54) is 90.5 Å². The second kappa shape index (κ2) is 14.1. The van der Waals surface area contributed by atoms with Gasteiger partial charge in [0.1, 0.15) is 0 Å². The monoisotopic (exact) mass is 761 g/mol. The van der Waals surface area contributed by atoms with Gasteiger partial charge in [-0.05, 0) is 93.0 Å². The van der Waals surface area contributed by atoms with Crippen molar-refractivity contribution in [1.29, 1.82) is 0 Å². The Hall–Kier alpha value is -6.78. The quantitative estimate of drug-likeness (QED) is 0.156. The largest absolute Gasteiger partial charge is 0.309 e. The Kier molecular flexibility index (Phi) is 8.28.